The smallest absolute Gasteiger partial charge is 0.238 e. The summed E-state index contributed by atoms with van der Waals surface area (Å²) in [7, 11) is -3.03. The number of hydrogen-bond donors (Lipinski definition) is 1. The van der Waals surface area contributed by atoms with Crippen LogP contribution in [0.5, 0.6) is 0 Å². The third-order valence-corrected chi connectivity index (χ3v) is 6.85. The number of nitrogens with zero attached hydrogens (tertiary/aromatic N) is 1. The van der Waals surface area contributed by atoms with Crippen molar-refractivity contribution in [1.29, 1.82) is 0 Å². The molecule has 6 nitrogen and oxygen atoms in total. The number of carbonyl (C=O) groups is 1. The molecule has 1 aliphatic rings. The van der Waals surface area contributed by atoms with Crippen molar-refractivity contribution < 1.29 is 17.6 Å². The predicted octanol–water partition coefficient (Wildman–Crippen LogP) is 2.51. The Morgan fingerprint density at radius 3 is 2.72 bits per heavy atom. The number of para-hydroxylation sites is 1. The topological polar surface area (TPSA) is 79.6 Å². The van der Waals surface area contributed by atoms with Crippen molar-refractivity contribution in [2.24, 2.45) is 0 Å². The maximum absolute atomic E-state index is 12.5. The van der Waals surface area contributed by atoms with Crippen LogP contribution in [0.4, 0.5) is 5.69 Å². The van der Waals surface area contributed by atoms with Gasteiger partial charge < -0.3 is 9.73 Å². The normalized spacial score (nSPS) is 19.2. The molecule has 0 radical (unpaired) electrons. The van der Waals surface area contributed by atoms with Gasteiger partial charge in [-0.15, -0.1) is 0 Å². The molecular weight excluding hydrogens is 455 g/mol. The molecule has 25 heavy (non-hydrogen) atoms. The molecule has 0 bridgehead atoms. The molecule has 3 rings (SSSR count). The second-order valence-electron chi connectivity index (χ2n) is 6.07. The second kappa shape index (κ2) is 7.88. The molecule has 0 saturated carbocycles. The fourth-order valence-corrected chi connectivity index (χ4v) is 5.20. The van der Waals surface area contributed by atoms with E-state index in [2.05, 4.69) is 27.9 Å². The maximum atomic E-state index is 12.5. The molecule has 1 N–H and O–H groups in total. The summed E-state index contributed by atoms with van der Waals surface area (Å²) >= 11 is 2.17. The van der Waals surface area contributed by atoms with Gasteiger partial charge in [-0.25, -0.2) is 8.42 Å². The molecule has 0 spiro atoms. The second-order valence-corrected chi connectivity index (χ2v) is 9.46. The van der Waals surface area contributed by atoms with E-state index >= 15 is 0 Å². The molecule has 1 saturated heterocycles. The standard InChI is InChI=1S/C17H19IN2O4S/c18-15-5-1-2-6-16(15)19-17(21)11-20(10-14-4-3-8-24-14)13-7-9-25(22,23)12-13/h1-6,8,13H,7,9-12H2,(H,19,21). The van der Waals surface area contributed by atoms with E-state index in [-0.39, 0.29) is 30.0 Å². The molecule has 1 aliphatic heterocycles. The van der Waals surface area contributed by atoms with Gasteiger partial charge in [0.05, 0.1) is 36.5 Å². The summed E-state index contributed by atoms with van der Waals surface area (Å²) in [4.78, 5) is 14.4. The Kier molecular flexibility index (Phi) is 5.80. The number of nitrogens with one attached hydrogen (secondary N) is 1. The lowest BCUT2D eigenvalue weighted by atomic mass is 10.2. The summed E-state index contributed by atoms with van der Waals surface area (Å²) in [6.45, 7) is 0.526. The average molecular weight is 474 g/mol. The van der Waals surface area contributed by atoms with Crippen LogP contribution in [0.25, 0.3) is 0 Å². The van der Waals surface area contributed by atoms with E-state index in [0.717, 1.165) is 9.26 Å². The van der Waals surface area contributed by atoms with Crippen molar-refractivity contribution in [1.82, 2.24) is 4.90 Å². The van der Waals surface area contributed by atoms with E-state index in [1.807, 2.05) is 35.2 Å². The molecule has 1 unspecified atom stereocenters. The van der Waals surface area contributed by atoms with E-state index in [0.29, 0.717) is 18.7 Å². The van der Waals surface area contributed by atoms with Crippen LogP contribution in [0.2, 0.25) is 0 Å². The highest BCUT2D eigenvalue weighted by Crippen LogP contribution is 2.21. The van der Waals surface area contributed by atoms with Crippen molar-refractivity contribution in [2.75, 3.05) is 23.4 Å². The molecule has 134 valence electrons. The van der Waals surface area contributed by atoms with Gasteiger partial charge in [-0.1, -0.05) is 12.1 Å². The van der Waals surface area contributed by atoms with Gasteiger partial charge in [0.2, 0.25) is 5.91 Å². The van der Waals surface area contributed by atoms with Crippen molar-refractivity contribution in [2.45, 2.75) is 19.0 Å². The summed E-state index contributed by atoms with van der Waals surface area (Å²) in [5.41, 5.74) is 0.755. The highest BCUT2D eigenvalue weighted by molar-refractivity contribution is 14.1. The molecule has 0 aliphatic carbocycles. The first-order valence-electron chi connectivity index (χ1n) is 7.94. The Morgan fingerprint density at radius 2 is 2.08 bits per heavy atom. The van der Waals surface area contributed by atoms with E-state index < -0.39 is 9.84 Å². The van der Waals surface area contributed by atoms with Crippen LogP contribution in [0.1, 0.15) is 12.2 Å². The fraction of sp³-hybridized carbons (Fsp3) is 0.353. The van der Waals surface area contributed by atoms with E-state index in [4.69, 9.17) is 4.42 Å². The van der Waals surface area contributed by atoms with Gasteiger partial charge in [-0.3, -0.25) is 9.69 Å². The van der Waals surface area contributed by atoms with Crippen LogP contribution >= 0.6 is 22.6 Å². The van der Waals surface area contributed by atoms with E-state index in [9.17, 15) is 13.2 Å². The van der Waals surface area contributed by atoms with Crippen molar-refractivity contribution >= 4 is 44.0 Å². The Morgan fingerprint density at radius 1 is 1.28 bits per heavy atom. The number of rotatable bonds is 6. The van der Waals surface area contributed by atoms with Crippen LogP contribution < -0.4 is 5.32 Å². The summed E-state index contributed by atoms with van der Waals surface area (Å²) in [5, 5.41) is 2.90. The number of sulfone groups is 1. The quantitative estimate of drug-likeness (QED) is 0.652. The SMILES string of the molecule is O=C(CN(Cc1ccco1)C1CCS(=O)(=O)C1)Nc1ccccc1I. The number of halogens is 1. The number of hydrogen-bond acceptors (Lipinski definition) is 5. The lowest BCUT2D eigenvalue weighted by Crippen LogP contribution is -2.41. The molecular formula is C17H19IN2O4S. The summed E-state index contributed by atoms with van der Waals surface area (Å²) in [6.07, 6.45) is 2.12. The molecule has 1 aromatic heterocycles. The van der Waals surface area contributed by atoms with Gasteiger partial charge in [0.25, 0.3) is 0 Å². The van der Waals surface area contributed by atoms with E-state index in [1.54, 1.807) is 12.3 Å². The molecule has 8 heteroatoms. The minimum absolute atomic E-state index is 0.0872. The van der Waals surface area contributed by atoms with Crippen molar-refractivity contribution in [3.63, 3.8) is 0 Å². The predicted molar refractivity (Wildman–Crippen MR) is 104 cm³/mol. The van der Waals surface area contributed by atoms with Crippen LogP contribution in [0, 0.1) is 3.57 Å². The zero-order chi connectivity index (χ0) is 17.9. The molecule has 1 amide bonds. The van der Waals surface area contributed by atoms with Gasteiger partial charge in [-0.2, -0.15) is 0 Å². The third-order valence-electron chi connectivity index (χ3n) is 4.16. The summed E-state index contributed by atoms with van der Waals surface area (Å²) < 4.78 is 30.0. The first-order chi connectivity index (χ1) is 11.9. The molecule has 2 heterocycles. The maximum Gasteiger partial charge on any atom is 0.238 e. The number of amides is 1. The van der Waals surface area contributed by atoms with Gasteiger partial charge >= 0.3 is 0 Å². The zero-order valence-electron chi connectivity index (χ0n) is 13.5. The third kappa shape index (κ3) is 5.05. The monoisotopic (exact) mass is 474 g/mol. The molecule has 1 atom stereocenters. The molecule has 1 fully saturated rings. The van der Waals surface area contributed by atoms with Gasteiger partial charge in [0, 0.05) is 9.61 Å². The molecule has 2 aromatic rings. The summed E-state index contributed by atoms with van der Waals surface area (Å²) in [6, 6.07) is 11.0. The van der Waals surface area contributed by atoms with Crippen LogP contribution in [-0.4, -0.2) is 43.3 Å². The van der Waals surface area contributed by atoms with Gasteiger partial charge in [0.1, 0.15) is 5.76 Å². The Bertz CT molecular complexity index is 836. The highest BCUT2D eigenvalue weighted by atomic mass is 127. The Labute approximate surface area is 160 Å². The fourth-order valence-electron chi connectivity index (χ4n) is 2.92. The number of carbonyl (C=O) groups excluding carboxylic acids is 1. The number of furan rings is 1. The minimum Gasteiger partial charge on any atom is -0.468 e. The zero-order valence-corrected chi connectivity index (χ0v) is 16.5. The molecule has 1 aromatic carbocycles. The summed E-state index contributed by atoms with van der Waals surface area (Å²) in [5.74, 6) is 0.806. The van der Waals surface area contributed by atoms with Gasteiger partial charge in [-0.05, 0) is 53.3 Å². The van der Waals surface area contributed by atoms with Gasteiger partial charge in [0.15, 0.2) is 9.84 Å². The minimum atomic E-state index is -3.03. The van der Waals surface area contributed by atoms with Crippen LogP contribution in [0.3, 0.4) is 0 Å². The largest absolute Gasteiger partial charge is 0.468 e. The Balaban J connectivity index is 1.70. The lowest BCUT2D eigenvalue weighted by molar-refractivity contribution is -0.118. The average Bonchev–Trinajstić information content (AvgIpc) is 3.18. The Hall–Kier alpha value is -1.39. The first kappa shape index (κ1) is 18.4. The lowest BCUT2D eigenvalue weighted by Gasteiger charge is -2.26. The van der Waals surface area contributed by atoms with E-state index in [1.165, 1.54) is 0 Å². The van der Waals surface area contributed by atoms with Crippen LogP contribution in [-0.2, 0) is 21.2 Å². The van der Waals surface area contributed by atoms with Crippen molar-refractivity contribution in [3.8, 4) is 0 Å². The number of anilines is 1. The van der Waals surface area contributed by atoms with Crippen molar-refractivity contribution in [3.05, 3.63) is 52.0 Å². The first-order valence-corrected chi connectivity index (χ1v) is 10.8. The number of benzene rings is 1. The van der Waals surface area contributed by atoms with Crippen LogP contribution in [0.15, 0.2) is 47.1 Å². The highest BCUT2D eigenvalue weighted by Gasteiger charge is 2.33.